The molecule has 0 saturated heterocycles. The van der Waals surface area contributed by atoms with Crippen molar-refractivity contribution >= 4 is 21.6 Å². The second kappa shape index (κ2) is 17.9. The largest absolute Gasteiger partial charge is 0.498 e. The minimum atomic E-state index is 0.279. The fourth-order valence-electron chi connectivity index (χ4n) is 4.91. The van der Waals surface area contributed by atoms with Crippen molar-refractivity contribution in [2.75, 3.05) is 14.2 Å². The number of hydrogen-bond acceptors (Lipinski definition) is 10. The summed E-state index contributed by atoms with van der Waals surface area (Å²) >= 11 is 3.55. The molecule has 262 valence electrons. The molecule has 0 N–H and O–H groups in total. The predicted octanol–water partition coefficient (Wildman–Crippen LogP) is 9.14. The van der Waals surface area contributed by atoms with Crippen LogP contribution in [0.15, 0.2) is 102 Å². The van der Waals surface area contributed by atoms with Crippen molar-refractivity contribution < 1.29 is 18.9 Å². The predicted molar refractivity (Wildman–Crippen MR) is 202 cm³/mol. The van der Waals surface area contributed by atoms with E-state index in [1.165, 1.54) is 0 Å². The van der Waals surface area contributed by atoms with Crippen molar-refractivity contribution in [1.82, 2.24) is 20.4 Å². The average molecular weight is 767 g/mol. The number of benzene rings is 4. The second-order valence-electron chi connectivity index (χ2n) is 11.4. The maximum atomic E-state index is 8.97. The van der Waals surface area contributed by atoms with Crippen molar-refractivity contribution in [3.8, 4) is 57.7 Å². The number of halogens is 1. The van der Waals surface area contributed by atoms with Crippen LogP contribution in [-0.4, -0.2) is 34.6 Å². The molecule has 0 aliphatic heterocycles. The number of aryl methyl sites for hydroxylation is 2. The quantitative estimate of drug-likeness (QED) is 0.124. The number of aromatic nitrogens is 4. The summed E-state index contributed by atoms with van der Waals surface area (Å²) in [6, 6.07) is 33.5. The number of ether oxygens (including phenoxy) is 4. The molecule has 0 aliphatic rings. The van der Waals surface area contributed by atoms with Crippen molar-refractivity contribution in [1.29, 1.82) is 10.5 Å². The van der Waals surface area contributed by atoms with Crippen LogP contribution in [0.25, 0.3) is 27.4 Å². The number of rotatable bonds is 10. The lowest BCUT2D eigenvalue weighted by Crippen LogP contribution is -2.02. The average Bonchev–Trinajstić information content (AvgIpc) is 3.21. The number of nitriles is 2. The summed E-state index contributed by atoms with van der Waals surface area (Å²) in [6.45, 7) is 11.8. The molecule has 0 amide bonds. The van der Waals surface area contributed by atoms with Crippen molar-refractivity contribution in [3.05, 3.63) is 147 Å². The highest BCUT2D eigenvalue weighted by atomic mass is 79.9. The smallest absolute Gasteiger partial charge is 0.252 e. The Bertz CT molecular complexity index is 2310. The van der Waals surface area contributed by atoms with Gasteiger partial charge in [0.1, 0.15) is 36.1 Å². The van der Waals surface area contributed by atoms with Crippen LogP contribution < -0.4 is 18.9 Å². The topological polar surface area (TPSA) is 140 Å². The van der Waals surface area contributed by atoms with E-state index >= 15 is 0 Å². The van der Waals surface area contributed by atoms with E-state index in [1.807, 2.05) is 67.6 Å². The van der Waals surface area contributed by atoms with E-state index in [1.54, 1.807) is 57.5 Å². The minimum absolute atomic E-state index is 0.279. The maximum Gasteiger partial charge on any atom is 0.252 e. The first kappa shape index (κ1) is 37.4. The fourth-order valence-corrected chi connectivity index (χ4v) is 5.30. The van der Waals surface area contributed by atoms with Gasteiger partial charge in [0.2, 0.25) is 0 Å². The maximum absolute atomic E-state index is 8.97. The Labute approximate surface area is 316 Å². The van der Waals surface area contributed by atoms with E-state index in [2.05, 4.69) is 53.3 Å². The summed E-state index contributed by atoms with van der Waals surface area (Å²) in [7, 11) is 3.25. The fraction of sp³-hybridized carbons (Fsp3) is 0.146. The van der Waals surface area contributed by atoms with Gasteiger partial charge in [0.05, 0.1) is 59.9 Å². The first-order valence-corrected chi connectivity index (χ1v) is 16.9. The van der Waals surface area contributed by atoms with Gasteiger partial charge in [-0.2, -0.15) is 20.7 Å². The first-order valence-electron chi connectivity index (χ1n) is 16.1. The lowest BCUT2D eigenvalue weighted by molar-refractivity contribution is 0.303. The molecule has 0 spiro atoms. The van der Waals surface area contributed by atoms with E-state index in [9.17, 15) is 0 Å². The number of hydrogen-bond donors (Lipinski definition) is 0. The third-order valence-electron chi connectivity index (χ3n) is 7.88. The number of methoxy groups -OCH3 is 2. The van der Waals surface area contributed by atoms with Gasteiger partial charge >= 0.3 is 0 Å². The molecule has 11 nitrogen and oxygen atoms in total. The molecule has 0 atom stereocenters. The Hall–Kier alpha value is -6.81. The molecule has 0 aliphatic carbocycles. The lowest BCUT2D eigenvalue weighted by Gasteiger charge is -2.14. The van der Waals surface area contributed by atoms with Gasteiger partial charge in [0.15, 0.2) is 11.5 Å². The molecule has 2 heterocycles. The minimum Gasteiger partial charge on any atom is -0.498 e. The third kappa shape index (κ3) is 9.30. The Kier molecular flexibility index (Phi) is 12.7. The molecule has 0 radical (unpaired) electrons. The highest BCUT2D eigenvalue weighted by Gasteiger charge is 2.19. The zero-order valence-corrected chi connectivity index (χ0v) is 30.9. The zero-order chi connectivity index (χ0) is 37.7. The monoisotopic (exact) mass is 765 g/mol. The molecular formula is C41H32BrN7O4. The van der Waals surface area contributed by atoms with Gasteiger partial charge in [0, 0.05) is 11.1 Å². The van der Waals surface area contributed by atoms with Crippen LogP contribution in [0.1, 0.15) is 33.6 Å². The van der Waals surface area contributed by atoms with E-state index in [-0.39, 0.29) is 6.61 Å². The van der Waals surface area contributed by atoms with Gasteiger partial charge in [-0.15, -0.1) is 10.2 Å². The summed E-state index contributed by atoms with van der Waals surface area (Å²) in [5.41, 5.74) is 7.34. The van der Waals surface area contributed by atoms with Crippen molar-refractivity contribution in [2.45, 2.75) is 27.1 Å². The molecule has 0 unspecified atom stereocenters. The van der Waals surface area contributed by atoms with Gasteiger partial charge in [-0.3, -0.25) is 0 Å². The van der Waals surface area contributed by atoms with Gasteiger partial charge in [-0.1, -0.05) is 48.5 Å². The summed E-state index contributed by atoms with van der Waals surface area (Å²) in [6.07, 6.45) is 0. The third-order valence-corrected chi connectivity index (χ3v) is 8.81. The van der Waals surface area contributed by atoms with Gasteiger partial charge in [-0.05, 0) is 89.4 Å². The highest BCUT2D eigenvalue weighted by Crippen LogP contribution is 2.39. The summed E-state index contributed by atoms with van der Waals surface area (Å²) in [4.78, 5) is 3.58. The first-order chi connectivity index (χ1) is 25.8. The van der Waals surface area contributed by atoms with Crippen LogP contribution in [0.2, 0.25) is 0 Å². The molecule has 6 rings (SSSR count). The molecule has 0 saturated carbocycles. The molecule has 4 aromatic carbocycles. The standard InChI is InChI=1S/C21H16N4O2.C20H16BrN3O2/c1-14-19(23-2)21(27-13-16-6-10-18(26-3)11-7-16)20(25-24-14)17-8-4-15(12-22)5-9-17;1-13-18(21)20(26-12-15-5-9-17(25-2)10-6-15)19(24-23-13)16-7-3-14(11-22)4-8-16/h4-11H,13H2,1,3H3;3-10H,12H2,1-2H3. The van der Waals surface area contributed by atoms with Gasteiger partial charge < -0.3 is 18.9 Å². The lowest BCUT2D eigenvalue weighted by atomic mass is 10.1. The molecule has 2 aromatic heterocycles. The Morgan fingerprint density at radius 1 is 0.604 bits per heavy atom. The van der Waals surface area contributed by atoms with Crippen LogP contribution in [0.4, 0.5) is 5.69 Å². The van der Waals surface area contributed by atoms with Crippen LogP contribution in [0.5, 0.6) is 23.0 Å². The number of nitrogens with zero attached hydrogens (tertiary/aromatic N) is 7. The van der Waals surface area contributed by atoms with E-state index in [0.717, 1.165) is 43.9 Å². The molecule has 0 bridgehead atoms. The van der Waals surface area contributed by atoms with Gasteiger partial charge in [0.25, 0.3) is 5.69 Å². The summed E-state index contributed by atoms with van der Waals surface area (Å²) < 4.78 is 23.1. The van der Waals surface area contributed by atoms with E-state index < -0.39 is 0 Å². The highest BCUT2D eigenvalue weighted by molar-refractivity contribution is 9.10. The normalized spacial score (nSPS) is 10.1. The SMILES string of the molecule is COc1ccc(COc2c(-c3ccc(C#N)cc3)nnc(C)c2Br)cc1.[C-]#[N+]c1c(C)nnc(-c2ccc(C#N)cc2)c1OCc1ccc(OC)cc1. The Morgan fingerprint density at radius 3 is 1.43 bits per heavy atom. The molecular weight excluding hydrogens is 734 g/mol. The van der Waals surface area contributed by atoms with E-state index in [0.29, 0.717) is 52.0 Å². The van der Waals surface area contributed by atoms with Crippen LogP contribution in [-0.2, 0) is 13.2 Å². The van der Waals surface area contributed by atoms with E-state index in [4.69, 9.17) is 36.0 Å². The van der Waals surface area contributed by atoms with Gasteiger partial charge in [-0.25, -0.2) is 4.85 Å². The van der Waals surface area contributed by atoms with Crippen molar-refractivity contribution in [3.63, 3.8) is 0 Å². The molecule has 0 fully saturated rings. The van der Waals surface area contributed by atoms with Crippen LogP contribution >= 0.6 is 15.9 Å². The van der Waals surface area contributed by atoms with Crippen molar-refractivity contribution in [2.24, 2.45) is 0 Å². The Morgan fingerprint density at radius 2 is 1.02 bits per heavy atom. The molecule has 12 heteroatoms. The zero-order valence-electron chi connectivity index (χ0n) is 29.3. The van der Waals surface area contributed by atoms with Crippen LogP contribution in [0, 0.1) is 43.1 Å². The molecule has 53 heavy (non-hydrogen) atoms. The van der Waals surface area contributed by atoms with Crippen LogP contribution in [0.3, 0.4) is 0 Å². The summed E-state index contributed by atoms with van der Waals surface area (Å²) in [5, 5.41) is 34.7. The Balaban J connectivity index is 0.000000204. The second-order valence-corrected chi connectivity index (χ2v) is 12.1. The summed E-state index contributed by atoms with van der Waals surface area (Å²) in [5.74, 6) is 2.57. The molecule has 6 aromatic rings.